The van der Waals surface area contributed by atoms with Crippen LogP contribution in [-0.4, -0.2) is 20.9 Å². The van der Waals surface area contributed by atoms with E-state index in [-0.39, 0.29) is 5.69 Å². The molecule has 5 N–H and O–H groups in total. The molecule has 0 aliphatic heterocycles. The number of pyridine rings is 1. The first kappa shape index (κ1) is 12.5. The molecule has 0 aliphatic rings. The SMILES string of the molecule is NC(=O)c1cc(Sc2nc3ccc(N)cc3[nH]2)ccn1. The first-order valence-electron chi connectivity index (χ1n) is 5.81. The molecule has 100 valence electrons. The van der Waals surface area contributed by atoms with E-state index in [1.165, 1.54) is 11.8 Å². The van der Waals surface area contributed by atoms with Crippen molar-refractivity contribution in [1.82, 2.24) is 15.0 Å². The number of nitrogen functional groups attached to an aromatic ring is 1. The lowest BCUT2D eigenvalue weighted by atomic mass is 10.3. The molecule has 0 bridgehead atoms. The van der Waals surface area contributed by atoms with Crippen LogP contribution < -0.4 is 11.5 Å². The number of nitrogens with zero attached hydrogens (tertiary/aromatic N) is 2. The quantitative estimate of drug-likeness (QED) is 0.635. The van der Waals surface area contributed by atoms with Crippen molar-refractivity contribution in [3.05, 3.63) is 42.2 Å². The van der Waals surface area contributed by atoms with E-state index >= 15 is 0 Å². The predicted molar refractivity (Wildman–Crippen MR) is 77.4 cm³/mol. The number of aromatic nitrogens is 3. The maximum Gasteiger partial charge on any atom is 0.267 e. The lowest BCUT2D eigenvalue weighted by Crippen LogP contribution is -2.12. The number of aromatic amines is 1. The summed E-state index contributed by atoms with van der Waals surface area (Å²) in [6, 6.07) is 8.91. The molecule has 6 nitrogen and oxygen atoms in total. The van der Waals surface area contributed by atoms with Crippen LogP contribution in [0.1, 0.15) is 10.5 Å². The molecule has 20 heavy (non-hydrogen) atoms. The van der Waals surface area contributed by atoms with E-state index in [0.29, 0.717) is 10.8 Å². The third-order valence-corrected chi connectivity index (χ3v) is 3.56. The Morgan fingerprint density at radius 1 is 1.25 bits per heavy atom. The number of nitrogens with two attached hydrogens (primary N) is 2. The minimum Gasteiger partial charge on any atom is -0.399 e. The number of hydrogen-bond donors (Lipinski definition) is 3. The molecule has 1 aromatic carbocycles. The van der Waals surface area contributed by atoms with Gasteiger partial charge in [0.05, 0.1) is 11.0 Å². The van der Waals surface area contributed by atoms with Gasteiger partial charge in [0, 0.05) is 16.8 Å². The highest BCUT2D eigenvalue weighted by molar-refractivity contribution is 7.99. The molecule has 2 heterocycles. The Balaban J connectivity index is 1.92. The third kappa shape index (κ3) is 2.43. The van der Waals surface area contributed by atoms with Crippen LogP contribution >= 0.6 is 11.8 Å². The van der Waals surface area contributed by atoms with E-state index in [2.05, 4.69) is 15.0 Å². The number of rotatable bonds is 3. The summed E-state index contributed by atoms with van der Waals surface area (Å²) in [5, 5.41) is 0.715. The number of hydrogen-bond acceptors (Lipinski definition) is 5. The van der Waals surface area contributed by atoms with Gasteiger partial charge in [0.2, 0.25) is 0 Å². The van der Waals surface area contributed by atoms with Crippen molar-refractivity contribution in [3.63, 3.8) is 0 Å². The molecule has 0 saturated carbocycles. The first-order valence-corrected chi connectivity index (χ1v) is 6.62. The molecule has 0 fully saturated rings. The van der Waals surface area contributed by atoms with Crippen LogP contribution in [0, 0.1) is 0 Å². The molecule has 0 saturated heterocycles. The Labute approximate surface area is 118 Å². The molecule has 3 rings (SSSR count). The van der Waals surface area contributed by atoms with Crippen molar-refractivity contribution >= 4 is 34.4 Å². The fourth-order valence-electron chi connectivity index (χ4n) is 1.77. The van der Waals surface area contributed by atoms with Crippen LogP contribution in [0.25, 0.3) is 11.0 Å². The van der Waals surface area contributed by atoms with E-state index in [1.807, 2.05) is 12.1 Å². The largest absolute Gasteiger partial charge is 0.399 e. The predicted octanol–water partition coefficient (Wildman–Crippen LogP) is 1.79. The number of amides is 1. The zero-order valence-electron chi connectivity index (χ0n) is 10.3. The molecule has 0 radical (unpaired) electrons. The number of benzene rings is 1. The molecular weight excluding hydrogens is 274 g/mol. The monoisotopic (exact) mass is 285 g/mol. The minimum atomic E-state index is -0.551. The van der Waals surface area contributed by atoms with Gasteiger partial charge < -0.3 is 16.5 Å². The van der Waals surface area contributed by atoms with E-state index in [4.69, 9.17) is 11.5 Å². The molecule has 3 aromatic rings. The maximum absolute atomic E-state index is 11.1. The van der Waals surface area contributed by atoms with E-state index in [9.17, 15) is 4.79 Å². The Morgan fingerprint density at radius 2 is 2.10 bits per heavy atom. The normalized spacial score (nSPS) is 10.8. The summed E-state index contributed by atoms with van der Waals surface area (Å²) in [5.41, 5.74) is 13.6. The van der Waals surface area contributed by atoms with Gasteiger partial charge in [-0.05, 0) is 30.3 Å². The number of primary amides is 1. The number of H-pyrrole nitrogens is 1. The maximum atomic E-state index is 11.1. The van der Waals surface area contributed by atoms with Crippen molar-refractivity contribution in [2.24, 2.45) is 5.73 Å². The third-order valence-electron chi connectivity index (χ3n) is 2.68. The van der Waals surface area contributed by atoms with Crippen molar-refractivity contribution < 1.29 is 4.79 Å². The van der Waals surface area contributed by atoms with Gasteiger partial charge in [-0.2, -0.15) is 0 Å². The van der Waals surface area contributed by atoms with Crippen molar-refractivity contribution in [1.29, 1.82) is 0 Å². The molecule has 0 spiro atoms. The zero-order valence-corrected chi connectivity index (χ0v) is 11.1. The molecule has 0 atom stereocenters. The summed E-state index contributed by atoms with van der Waals surface area (Å²) in [5.74, 6) is -0.551. The summed E-state index contributed by atoms with van der Waals surface area (Å²) < 4.78 is 0. The first-order chi connectivity index (χ1) is 9.61. The number of carbonyl (C=O) groups is 1. The molecule has 2 aromatic heterocycles. The van der Waals surface area contributed by atoms with Crippen LogP contribution in [0.2, 0.25) is 0 Å². The molecule has 7 heteroatoms. The summed E-state index contributed by atoms with van der Waals surface area (Å²) >= 11 is 1.40. The van der Waals surface area contributed by atoms with Gasteiger partial charge in [0.1, 0.15) is 5.69 Å². The Hall–Kier alpha value is -2.54. The molecule has 1 amide bonds. The average Bonchev–Trinajstić information content (AvgIpc) is 2.80. The summed E-state index contributed by atoms with van der Waals surface area (Å²) in [6.45, 7) is 0. The summed E-state index contributed by atoms with van der Waals surface area (Å²) in [4.78, 5) is 23.4. The molecule has 0 aliphatic carbocycles. The van der Waals surface area contributed by atoms with E-state index in [0.717, 1.165) is 15.9 Å². The lowest BCUT2D eigenvalue weighted by molar-refractivity contribution is 0.0995. The number of anilines is 1. The number of nitrogens with one attached hydrogen (secondary N) is 1. The van der Waals surface area contributed by atoms with Gasteiger partial charge >= 0.3 is 0 Å². The summed E-state index contributed by atoms with van der Waals surface area (Å²) in [6.07, 6.45) is 1.54. The number of fused-ring (bicyclic) bond motifs is 1. The van der Waals surface area contributed by atoms with Crippen molar-refractivity contribution in [2.45, 2.75) is 10.1 Å². The topological polar surface area (TPSA) is 111 Å². The second-order valence-corrected chi connectivity index (χ2v) is 5.22. The van der Waals surface area contributed by atoms with Gasteiger partial charge in [-0.25, -0.2) is 4.98 Å². The smallest absolute Gasteiger partial charge is 0.267 e. The van der Waals surface area contributed by atoms with E-state index < -0.39 is 5.91 Å². The van der Waals surface area contributed by atoms with Crippen LogP contribution in [0.15, 0.2) is 46.6 Å². The Morgan fingerprint density at radius 3 is 2.90 bits per heavy atom. The van der Waals surface area contributed by atoms with Gasteiger partial charge in [-0.15, -0.1) is 0 Å². The average molecular weight is 285 g/mol. The van der Waals surface area contributed by atoms with Crippen molar-refractivity contribution in [3.8, 4) is 0 Å². The minimum absolute atomic E-state index is 0.232. The van der Waals surface area contributed by atoms with Gasteiger partial charge in [0.15, 0.2) is 5.16 Å². The van der Waals surface area contributed by atoms with Crippen LogP contribution in [0.3, 0.4) is 0 Å². The Kier molecular flexibility index (Phi) is 3.03. The van der Waals surface area contributed by atoms with Gasteiger partial charge in [0.25, 0.3) is 5.91 Å². The number of carbonyl (C=O) groups excluding carboxylic acids is 1. The standard InChI is InChI=1S/C13H11N5OS/c14-7-1-2-9-10(5-7)18-13(17-9)20-8-3-4-16-11(6-8)12(15)19/h1-6H,14H2,(H2,15,19)(H,17,18). The fourth-order valence-corrected chi connectivity index (χ4v) is 2.60. The van der Waals surface area contributed by atoms with Gasteiger partial charge in [-0.1, -0.05) is 11.8 Å². The number of imidazole rings is 1. The van der Waals surface area contributed by atoms with Gasteiger partial charge in [-0.3, -0.25) is 9.78 Å². The molecular formula is C13H11N5OS. The fraction of sp³-hybridized carbons (Fsp3) is 0. The van der Waals surface area contributed by atoms with Crippen molar-refractivity contribution in [2.75, 3.05) is 5.73 Å². The highest BCUT2D eigenvalue weighted by Crippen LogP contribution is 2.27. The van der Waals surface area contributed by atoms with Crippen LogP contribution in [0.4, 0.5) is 5.69 Å². The van der Waals surface area contributed by atoms with Crippen LogP contribution in [-0.2, 0) is 0 Å². The van der Waals surface area contributed by atoms with Crippen LogP contribution in [0.5, 0.6) is 0 Å². The van der Waals surface area contributed by atoms with E-state index in [1.54, 1.807) is 24.4 Å². The lowest BCUT2D eigenvalue weighted by Gasteiger charge is -1.99. The summed E-state index contributed by atoms with van der Waals surface area (Å²) in [7, 11) is 0. The highest BCUT2D eigenvalue weighted by Gasteiger charge is 2.07. The second kappa shape index (κ2) is 4.86. The highest BCUT2D eigenvalue weighted by atomic mass is 32.2. The zero-order chi connectivity index (χ0) is 14.1. The molecule has 0 unspecified atom stereocenters. The second-order valence-electron chi connectivity index (χ2n) is 4.16. The Bertz CT molecular complexity index is 798.